The Hall–Kier alpha value is -3.69. The van der Waals surface area contributed by atoms with E-state index in [2.05, 4.69) is 32.1 Å². The van der Waals surface area contributed by atoms with Gasteiger partial charge in [0, 0.05) is 5.56 Å². The summed E-state index contributed by atoms with van der Waals surface area (Å²) in [5.41, 5.74) is 3.01. The molecule has 0 aliphatic rings. The van der Waals surface area contributed by atoms with E-state index in [1.54, 1.807) is 6.08 Å². The van der Waals surface area contributed by atoms with Gasteiger partial charge in [-0.05, 0) is 45.3 Å². The molecule has 6 heteroatoms. The number of nitriles is 1. The van der Waals surface area contributed by atoms with Gasteiger partial charge in [0.15, 0.2) is 0 Å². The second kappa shape index (κ2) is 9.21. The average molecular weight is 458 g/mol. The van der Waals surface area contributed by atoms with Crippen molar-refractivity contribution >= 4 is 27.6 Å². The van der Waals surface area contributed by atoms with Gasteiger partial charge >= 0.3 is 0 Å². The fraction of sp³-hybridized carbons (Fsp3) is 0.0417. The predicted octanol–water partition coefficient (Wildman–Crippen LogP) is 6.14. The Kier molecular flexibility index (Phi) is 6.02. The highest BCUT2D eigenvalue weighted by Gasteiger charge is 2.13. The van der Waals surface area contributed by atoms with Crippen molar-refractivity contribution in [2.75, 3.05) is 0 Å². The lowest BCUT2D eigenvalue weighted by Gasteiger charge is -2.09. The number of allylic oxidation sites excluding steroid dienone is 1. The summed E-state index contributed by atoms with van der Waals surface area (Å²) in [6.07, 6.45) is 1.70. The molecule has 4 rings (SSSR count). The molecular formula is C24H16BrN3O2. The number of hydrogen-bond acceptors (Lipinski definition) is 5. The average Bonchev–Trinajstić information content (AvgIpc) is 3.28. The Morgan fingerprint density at radius 1 is 1.03 bits per heavy atom. The van der Waals surface area contributed by atoms with E-state index in [1.165, 1.54) is 0 Å². The molecule has 0 aliphatic carbocycles. The molecule has 1 aromatic heterocycles. The van der Waals surface area contributed by atoms with Gasteiger partial charge in [-0.1, -0.05) is 71.9 Å². The van der Waals surface area contributed by atoms with E-state index in [0.29, 0.717) is 12.4 Å². The molecule has 0 saturated heterocycles. The van der Waals surface area contributed by atoms with Crippen LogP contribution >= 0.6 is 15.9 Å². The lowest BCUT2D eigenvalue weighted by atomic mass is 10.1. The van der Waals surface area contributed by atoms with Gasteiger partial charge in [-0.15, -0.1) is 0 Å². The van der Waals surface area contributed by atoms with Crippen LogP contribution in [0.4, 0.5) is 0 Å². The van der Waals surface area contributed by atoms with Gasteiger partial charge in [0.2, 0.25) is 5.82 Å². The minimum Gasteiger partial charge on any atom is -0.488 e. The molecule has 0 bridgehead atoms. The molecule has 0 N–H and O–H groups in total. The molecule has 0 fully saturated rings. The van der Waals surface area contributed by atoms with Crippen LogP contribution in [-0.4, -0.2) is 10.1 Å². The Labute approximate surface area is 182 Å². The van der Waals surface area contributed by atoms with E-state index < -0.39 is 0 Å². The zero-order valence-corrected chi connectivity index (χ0v) is 17.4. The van der Waals surface area contributed by atoms with Gasteiger partial charge in [0.25, 0.3) is 5.89 Å². The van der Waals surface area contributed by atoms with Gasteiger partial charge in [-0.25, -0.2) is 0 Å². The normalized spacial score (nSPS) is 11.1. The van der Waals surface area contributed by atoms with Crippen LogP contribution in [0.15, 0.2) is 87.9 Å². The van der Waals surface area contributed by atoms with Crippen LogP contribution in [0, 0.1) is 11.3 Å². The van der Waals surface area contributed by atoms with Crippen LogP contribution in [-0.2, 0) is 6.61 Å². The summed E-state index contributed by atoms with van der Waals surface area (Å²) < 4.78 is 12.0. The standard InChI is InChI=1S/C24H16BrN3O2/c25-21-14-18(11-12-22(21)29-16-17-7-3-1-4-8-17)13-20(15-26)24-27-23(28-30-24)19-9-5-2-6-10-19/h1-14H,16H2/b20-13+. The summed E-state index contributed by atoms with van der Waals surface area (Å²) in [5, 5.41) is 13.5. The number of nitrogens with zero attached hydrogens (tertiary/aromatic N) is 3. The first-order valence-electron chi connectivity index (χ1n) is 9.20. The van der Waals surface area contributed by atoms with Gasteiger partial charge < -0.3 is 9.26 Å². The molecule has 1 heterocycles. The molecule has 0 aliphatic heterocycles. The molecular weight excluding hydrogens is 442 g/mol. The molecule has 5 nitrogen and oxygen atoms in total. The van der Waals surface area contributed by atoms with Crippen LogP contribution in [0.2, 0.25) is 0 Å². The third kappa shape index (κ3) is 4.65. The predicted molar refractivity (Wildman–Crippen MR) is 118 cm³/mol. The third-order valence-corrected chi connectivity index (χ3v) is 4.93. The van der Waals surface area contributed by atoms with Crippen molar-refractivity contribution in [2.24, 2.45) is 0 Å². The zero-order chi connectivity index (χ0) is 20.8. The van der Waals surface area contributed by atoms with Crippen molar-refractivity contribution in [3.05, 3.63) is 100 Å². The van der Waals surface area contributed by atoms with Gasteiger partial charge in [-0.3, -0.25) is 0 Å². The van der Waals surface area contributed by atoms with E-state index in [-0.39, 0.29) is 11.5 Å². The molecule has 0 saturated carbocycles. The summed E-state index contributed by atoms with van der Waals surface area (Å²) in [4.78, 5) is 4.35. The highest BCUT2D eigenvalue weighted by Crippen LogP contribution is 2.29. The summed E-state index contributed by atoms with van der Waals surface area (Å²) in [7, 11) is 0. The molecule has 4 aromatic rings. The molecule has 0 spiro atoms. The van der Waals surface area contributed by atoms with Crippen molar-refractivity contribution in [3.63, 3.8) is 0 Å². The number of halogens is 1. The first-order chi connectivity index (χ1) is 14.7. The zero-order valence-electron chi connectivity index (χ0n) is 15.8. The highest BCUT2D eigenvalue weighted by atomic mass is 79.9. The monoisotopic (exact) mass is 457 g/mol. The summed E-state index contributed by atoms with van der Waals surface area (Å²) in [6, 6.07) is 27.2. The number of benzene rings is 3. The van der Waals surface area contributed by atoms with Crippen LogP contribution in [0.25, 0.3) is 23.0 Å². The largest absolute Gasteiger partial charge is 0.488 e. The lowest BCUT2D eigenvalue weighted by molar-refractivity contribution is 0.304. The van der Waals surface area contributed by atoms with E-state index >= 15 is 0 Å². The van der Waals surface area contributed by atoms with E-state index in [4.69, 9.17) is 9.26 Å². The van der Waals surface area contributed by atoms with Crippen LogP contribution in [0.1, 0.15) is 17.0 Å². The van der Waals surface area contributed by atoms with Gasteiger partial charge in [-0.2, -0.15) is 10.2 Å². The Morgan fingerprint density at radius 3 is 2.47 bits per heavy atom. The number of hydrogen-bond donors (Lipinski definition) is 0. The SMILES string of the molecule is N#C/C(=C\c1ccc(OCc2ccccc2)c(Br)c1)c1nc(-c2ccccc2)no1. The van der Waals surface area contributed by atoms with Crippen molar-refractivity contribution in [3.8, 4) is 23.2 Å². The lowest BCUT2D eigenvalue weighted by Crippen LogP contribution is -1.95. The topological polar surface area (TPSA) is 71.9 Å². The van der Waals surface area contributed by atoms with Crippen molar-refractivity contribution in [1.82, 2.24) is 10.1 Å². The first-order valence-corrected chi connectivity index (χ1v) is 10.00. The van der Waals surface area contributed by atoms with Gasteiger partial charge in [0.1, 0.15) is 24.0 Å². The van der Waals surface area contributed by atoms with E-state index in [9.17, 15) is 5.26 Å². The van der Waals surface area contributed by atoms with Gasteiger partial charge in [0.05, 0.1) is 4.47 Å². The van der Waals surface area contributed by atoms with Crippen LogP contribution in [0.3, 0.4) is 0 Å². The molecule has 0 radical (unpaired) electrons. The van der Waals surface area contributed by atoms with E-state index in [1.807, 2.05) is 78.9 Å². The number of ether oxygens (including phenoxy) is 1. The van der Waals surface area contributed by atoms with Crippen molar-refractivity contribution in [1.29, 1.82) is 5.26 Å². The Morgan fingerprint density at radius 2 is 1.77 bits per heavy atom. The maximum Gasteiger partial charge on any atom is 0.268 e. The van der Waals surface area contributed by atoms with Crippen molar-refractivity contribution < 1.29 is 9.26 Å². The number of rotatable bonds is 6. The highest BCUT2D eigenvalue weighted by molar-refractivity contribution is 9.10. The maximum absolute atomic E-state index is 9.57. The molecule has 0 unspecified atom stereocenters. The molecule has 30 heavy (non-hydrogen) atoms. The number of aromatic nitrogens is 2. The smallest absolute Gasteiger partial charge is 0.268 e. The fourth-order valence-electron chi connectivity index (χ4n) is 2.81. The summed E-state index contributed by atoms with van der Waals surface area (Å²) in [5.74, 6) is 1.34. The summed E-state index contributed by atoms with van der Waals surface area (Å²) in [6.45, 7) is 0.475. The van der Waals surface area contributed by atoms with Crippen molar-refractivity contribution in [2.45, 2.75) is 6.61 Å². The fourth-order valence-corrected chi connectivity index (χ4v) is 3.32. The molecule has 146 valence electrons. The minimum absolute atomic E-state index is 0.178. The molecule has 0 amide bonds. The van der Waals surface area contributed by atoms with E-state index in [0.717, 1.165) is 26.9 Å². The second-order valence-electron chi connectivity index (χ2n) is 6.42. The Balaban J connectivity index is 1.52. The Bertz CT molecular complexity index is 1210. The molecule has 3 aromatic carbocycles. The maximum atomic E-state index is 9.57. The minimum atomic E-state index is 0.178. The quantitative estimate of drug-likeness (QED) is 0.325. The second-order valence-corrected chi connectivity index (χ2v) is 7.28. The third-order valence-electron chi connectivity index (χ3n) is 4.31. The van der Waals surface area contributed by atoms with Crippen LogP contribution < -0.4 is 4.74 Å². The first kappa shape index (κ1) is 19.6. The summed E-state index contributed by atoms with van der Waals surface area (Å²) >= 11 is 3.53. The van der Waals surface area contributed by atoms with Crippen LogP contribution in [0.5, 0.6) is 5.75 Å². The molecule has 0 atom stereocenters.